The maximum atomic E-state index is 12.6. The standard InChI is InChI=1S/C19H29N3O3/c1-13-10-14(2)20-15(11-13)12-16(21-24)17-8-6-7-9-22(17)18(23)25-19(3,4)5/h10-11,17,24H,6-9,12H2,1-5H3/t17-/m0/s1. The molecule has 1 saturated heterocycles. The van der Waals surface area contributed by atoms with E-state index < -0.39 is 5.60 Å². The molecule has 0 unspecified atom stereocenters. The molecular weight excluding hydrogens is 318 g/mol. The number of carbonyl (C=O) groups is 1. The van der Waals surface area contributed by atoms with Crippen LogP contribution < -0.4 is 0 Å². The van der Waals surface area contributed by atoms with Gasteiger partial charge >= 0.3 is 6.09 Å². The minimum atomic E-state index is -0.551. The minimum absolute atomic E-state index is 0.254. The van der Waals surface area contributed by atoms with Gasteiger partial charge in [-0.2, -0.15) is 0 Å². The number of aryl methyl sites for hydroxylation is 2. The molecule has 6 nitrogen and oxygen atoms in total. The number of rotatable bonds is 3. The maximum absolute atomic E-state index is 12.6. The van der Waals surface area contributed by atoms with Gasteiger partial charge in [-0.1, -0.05) is 5.16 Å². The van der Waals surface area contributed by atoms with Crippen molar-refractivity contribution in [2.45, 2.75) is 71.9 Å². The van der Waals surface area contributed by atoms with Crippen molar-refractivity contribution in [3.05, 3.63) is 29.1 Å². The summed E-state index contributed by atoms with van der Waals surface area (Å²) in [7, 11) is 0. The summed E-state index contributed by atoms with van der Waals surface area (Å²) in [5, 5.41) is 13.1. The molecule has 1 N–H and O–H groups in total. The molecule has 1 aliphatic heterocycles. The highest BCUT2D eigenvalue weighted by atomic mass is 16.6. The van der Waals surface area contributed by atoms with Gasteiger partial charge in [0.05, 0.1) is 11.8 Å². The van der Waals surface area contributed by atoms with E-state index in [2.05, 4.69) is 10.1 Å². The van der Waals surface area contributed by atoms with Crippen LogP contribution in [-0.2, 0) is 11.2 Å². The van der Waals surface area contributed by atoms with E-state index in [9.17, 15) is 10.0 Å². The molecule has 2 heterocycles. The van der Waals surface area contributed by atoms with Crippen LogP contribution in [-0.4, -0.2) is 45.1 Å². The fourth-order valence-corrected chi connectivity index (χ4v) is 3.24. The van der Waals surface area contributed by atoms with Crippen molar-refractivity contribution in [1.82, 2.24) is 9.88 Å². The van der Waals surface area contributed by atoms with Crippen molar-refractivity contribution in [2.75, 3.05) is 6.54 Å². The van der Waals surface area contributed by atoms with Gasteiger partial charge < -0.3 is 9.94 Å². The topological polar surface area (TPSA) is 75.0 Å². The van der Waals surface area contributed by atoms with E-state index in [1.54, 1.807) is 4.90 Å². The Morgan fingerprint density at radius 3 is 2.68 bits per heavy atom. The summed E-state index contributed by atoms with van der Waals surface area (Å²) in [5.74, 6) is 0. The Kier molecular flexibility index (Phi) is 6.03. The van der Waals surface area contributed by atoms with Gasteiger partial charge in [0.2, 0.25) is 0 Å². The lowest BCUT2D eigenvalue weighted by atomic mass is 9.95. The number of oxime groups is 1. The van der Waals surface area contributed by atoms with Gasteiger partial charge in [-0.3, -0.25) is 9.88 Å². The van der Waals surface area contributed by atoms with Crippen LogP contribution >= 0.6 is 0 Å². The van der Waals surface area contributed by atoms with E-state index in [0.717, 1.165) is 36.2 Å². The number of aromatic nitrogens is 1. The van der Waals surface area contributed by atoms with Crippen molar-refractivity contribution in [1.29, 1.82) is 0 Å². The molecule has 0 spiro atoms. The van der Waals surface area contributed by atoms with E-state index in [1.165, 1.54) is 0 Å². The zero-order chi connectivity index (χ0) is 18.6. The Hall–Kier alpha value is -2.11. The van der Waals surface area contributed by atoms with Gasteiger partial charge in [0.1, 0.15) is 5.60 Å². The molecule has 0 radical (unpaired) electrons. The molecule has 1 aliphatic rings. The molecule has 1 aromatic heterocycles. The van der Waals surface area contributed by atoms with E-state index >= 15 is 0 Å². The first kappa shape index (κ1) is 19.2. The number of piperidine rings is 1. The molecule has 1 aromatic rings. The minimum Gasteiger partial charge on any atom is -0.444 e. The molecule has 0 aromatic carbocycles. The highest BCUT2D eigenvalue weighted by molar-refractivity contribution is 5.93. The summed E-state index contributed by atoms with van der Waals surface area (Å²) in [6.07, 6.45) is 2.75. The monoisotopic (exact) mass is 347 g/mol. The van der Waals surface area contributed by atoms with Gasteiger partial charge in [-0.25, -0.2) is 4.79 Å². The first-order chi connectivity index (χ1) is 11.7. The Bertz CT molecular complexity index is 630. The number of amides is 1. The lowest BCUT2D eigenvalue weighted by Gasteiger charge is -2.37. The fraction of sp³-hybridized carbons (Fsp3) is 0.632. The first-order valence-corrected chi connectivity index (χ1v) is 8.84. The zero-order valence-corrected chi connectivity index (χ0v) is 15.9. The summed E-state index contributed by atoms with van der Waals surface area (Å²) in [6.45, 7) is 10.1. The average Bonchev–Trinajstić information content (AvgIpc) is 2.50. The van der Waals surface area contributed by atoms with Crippen LogP contribution in [0.15, 0.2) is 17.3 Å². The molecule has 1 fully saturated rings. The first-order valence-electron chi connectivity index (χ1n) is 8.84. The molecule has 25 heavy (non-hydrogen) atoms. The second-order valence-electron chi connectivity index (χ2n) is 7.73. The van der Waals surface area contributed by atoms with E-state index in [-0.39, 0.29) is 12.1 Å². The molecule has 6 heteroatoms. The second kappa shape index (κ2) is 7.85. The number of hydrogen-bond acceptors (Lipinski definition) is 5. The summed E-state index contributed by atoms with van der Waals surface area (Å²) in [5.41, 5.74) is 2.90. The molecule has 138 valence electrons. The van der Waals surface area contributed by atoms with Gasteiger partial charge in [0, 0.05) is 24.4 Å². The Labute approximate surface area is 149 Å². The predicted octanol–water partition coefficient (Wildman–Crippen LogP) is 3.86. The number of ether oxygens (including phenoxy) is 1. The molecule has 0 bridgehead atoms. The van der Waals surface area contributed by atoms with Crippen LogP contribution in [0.25, 0.3) is 0 Å². The quantitative estimate of drug-likeness (QED) is 0.512. The lowest BCUT2D eigenvalue weighted by molar-refractivity contribution is 0.0163. The van der Waals surface area contributed by atoms with E-state index in [0.29, 0.717) is 18.7 Å². The predicted molar refractivity (Wildman–Crippen MR) is 97.2 cm³/mol. The van der Waals surface area contributed by atoms with Crippen LogP contribution in [0.5, 0.6) is 0 Å². The van der Waals surface area contributed by atoms with E-state index in [4.69, 9.17) is 4.74 Å². The van der Waals surface area contributed by atoms with Crippen LogP contribution in [0.3, 0.4) is 0 Å². The average molecular weight is 347 g/mol. The molecule has 1 amide bonds. The third-order valence-corrected chi connectivity index (χ3v) is 4.16. The van der Waals surface area contributed by atoms with Crippen LogP contribution in [0.4, 0.5) is 4.79 Å². The number of pyridine rings is 1. The number of hydrogen-bond donors (Lipinski definition) is 1. The van der Waals surface area contributed by atoms with Gasteiger partial charge in [0.25, 0.3) is 0 Å². The molecule has 0 saturated carbocycles. The van der Waals surface area contributed by atoms with Gasteiger partial charge in [0.15, 0.2) is 0 Å². The third kappa shape index (κ3) is 5.44. The number of likely N-dealkylation sites (tertiary alicyclic amines) is 1. The second-order valence-corrected chi connectivity index (χ2v) is 7.73. The summed E-state index contributed by atoms with van der Waals surface area (Å²) in [4.78, 5) is 18.8. The van der Waals surface area contributed by atoms with Crippen molar-refractivity contribution in [2.24, 2.45) is 5.16 Å². The van der Waals surface area contributed by atoms with Crippen molar-refractivity contribution in [3.8, 4) is 0 Å². The van der Waals surface area contributed by atoms with Crippen molar-refractivity contribution < 1.29 is 14.7 Å². The van der Waals surface area contributed by atoms with Crippen LogP contribution in [0.2, 0.25) is 0 Å². The Morgan fingerprint density at radius 2 is 2.08 bits per heavy atom. The maximum Gasteiger partial charge on any atom is 0.410 e. The Morgan fingerprint density at radius 1 is 1.36 bits per heavy atom. The smallest absolute Gasteiger partial charge is 0.410 e. The third-order valence-electron chi connectivity index (χ3n) is 4.16. The summed E-state index contributed by atoms with van der Waals surface area (Å²) < 4.78 is 5.53. The molecular formula is C19H29N3O3. The van der Waals surface area contributed by atoms with Crippen LogP contribution in [0.1, 0.15) is 57.0 Å². The Balaban J connectivity index is 2.19. The van der Waals surface area contributed by atoms with Crippen molar-refractivity contribution in [3.63, 3.8) is 0 Å². The highest BCUT2D eigenvalue weighted by Gasteiger charge is 2.34. The normalized spacial score (nSPS) is 19.0. The van der Waals surface area contributed by atoms with E-state index in [1.807, 2.05) is 46.8 Å². The largest absolute Gasteiger partial charge is 0.444 e. The van der Waals surface area contributed by atoms with Crippen molar-refractivity contribution >= 4 is 11.8 Å². The summed E-state index contributed by atoms with van der Waals surface area (Å²) >= 11 is 0. The van der Waals surface area contributed by atoms with Gasteiger partial charge in [-0.05, 0) is 71.6 Å². The fourth-order valence-electron chi connectivity index (χ4n) is 3.24. The highest BCUT2D eigenvalue weighted by Crippen LogP contribution is 2.23. The zero-order valence-electron chi connectivity index (χ0n) is 15.9. The lowest BCUT2D eigenvalue weighted by Crippen LogP contribution is -2.50. The SMILES string of the molecule is Cc1cc(C)nc(CC(=NO)[C@@H]2CCCCN2C(=O)OC(C)(C)C)c1. The molecule has 1 atom stereocenters. The molecule has 2 rings (SSSR count). The number of nitrogens with zero attached hydrogens (tertiary/aromatic N) is 3. The molecule has 0 aliphatic carbocycles. The van der Waals surface area contributed by atoms with Gasteiger partial charge in [-0.15, -0.1) is 0 Å². The number of carbonyl (C=O) groups excluding carboxylic acids is 1. The van der Waals surface area contributed by atoms with Crippen LogP contribution in [0, 0.1) is 13.8 Å². The summed E-state index contributed by atoms with van der Waals surface area (Å²) in [6, 6.07) is 3.74.